The van der Waals surface area contributed by atoms with Crippen LogP contribution in [-0.2, 0) is 6.54 Å². The molecule has 0 bridgehead atoms. The van der Waals surface area contributed by atoms with E-state index in [9.17, 15) is 5.11 Å². The van der Waals surface area contributed by atoms with Crippen LogP contribution >= 0.6 is 11.6 Å². The Morgan fingerprint density at radius 1 is 1.39 bits per heavy atom. The van der Waals surface area contributed by atoms with E-state index in [1.54, 1.807) is 13.8 Å². The molecule has 0 aromatic heterocycles. The lowest BCUT2D eigenvalue weighted by Crippen LogP contribution is -2.22. The first-order chi connectivity index (χ1) is 8.44. The van der Waals surface area contributed by atoms with Crippen LogP contribution in [0.15, 0.2) is 18.2 Å². The molecule has 0 saturated carbocycles. The average molecular weight is 272 g/mol. The molecule has 0 atom stereocenters. The molecule has 4 heteroatoms. The lowest BCUT2D eigenvalue weighted by atomic mass is 10.1. The Morgan fingerprint density at radius 2 is 2.11 bits per heavy atom. The van der Waals surface area contributed by atoms with Crippen LogP contribution in [0.2, 0.25) is 5.02 Å². The summed E-state index contributed by atoms with van der Waals surface area (Å²) in [5.74, 6) is 0.712. The van der Waals surface area contributed by atoms with Crippen LogP contribution in [0.1, 0.15) is 32.8 Å². The van der Waals surface area contributed by atoms with Crippen molar-refractivity contribution in [3.05, 3.63) is 28.8 Å². The molecule has 0 aliphatic carbocycles. The molecule has 2 N–H and O–H groups in total. The molecule has 102 valence electrons. The van der Waals surface area contributed by atoms with Crippen molar-refractivity contribution in [2.24, 2.45) is 0 Å². The van der Waals surface area contributed by atoms with Crippen molar-refractivity contribution in [2.45, 2.75) is 39.3 Å². The average Bonchev–Trinajstić information content (AvgIpc) is 2.27. The molecule has 0 heterocycles. The predicted molar refractivity (Wildman–Crippen MR) is 75.2 cm³/mol. The van der Waals surface area contributed by atoms with Crippen molar-refractivity contribution in [3.63, 3.8) is 0 Å². The predicted octanol–water partition coefficient (Wildman–Crippen LogP) is 2.99. The SMILES string of the molecule is CCNCc1cccc(Cl)c1OCCC(C)(C)O. The third kappa shape index (κ3) is 5.25. The Bertz CT molecular complexity index is 375. The van der Waals surface area contributed by atoms with Gasteiger partial charge in [-0.05, 0) is 26.5 Å². The molecule has 18 heavy (non-hydrogen) atoms. The zero-order valence-corrected chi connectivity index (χ0v) is 12.0. The molecule has 0 amide bonds. The molecule has 0 saturated heterocycles. The van der Waals surface area contributed by atoms with Crippen molar-refractivity contribution in [1.82, 2.24) is 5.32 Å². The Kier molecular flexibility index (Phi) is 5.93. The third-order valence-corrected chi connectivity index (χ3v) is 2.87. The molecule has 0 aliphatic rings. The highest BCUT2D eigenvalue weighted by atomic mass is 35.5. The van der Waals surface area contributed by atoms with Gasteiger partial charge in [0.15, 0.2) is 0 Å². The van der Waals surface area contributed by atoms with Crippen molar-refractivity contribution >= 4 is 11.6 Å². The molecule has 0 radical (unpaired) electrons. The highest BCUT2D eigenvalue weighted by Gasteiger charge is 2.14. The first-order valence-electron chi connectivity index (χ1n) is 6.27. The summed E-state index contributed by atoms with van der Waals surface area (Å²) in [6, 6.07) is 5.72. The highest BCUT2D eigenvalue weighted by Crippen LogP contribution is 2.29. The molecule has 1 rings (SSSR count). The minimum absolute atomic E-state index is 0.451. The smallest absolute Gasteiger partial charge is 0.142 e. The van der Waals surface area contributed by atoms with Gasteiger partial charge in [-0.1, -0.05) is 30.7 Å². The fraction of sp³-hybridized carbons (Fsp3) is 0.571. The Labute approximate surface area is 114 Å². The summed E-state index contributed by atoms with van der Waals surface area (Å²) in [6.07, 6.45) is 0.568. The van der Waals surface area contributed by atoms with E-state index in [0.29, 0.717) is 23.8 Å². The summed E-state index contributed by atoms with van der Waals surface area (Å²) in [6.45, 7) is 7.67. The van der Waals surface area contributed by atoms with Gasteiger partial charge >= 0.3 is 0 Å². The number of hydrogen-bond acceptors (Lipinski definition) is 3. The zero-order chi connectivity index (χ0) is 13.6. The molecule has 0 fully saturated rings. The lowest BCUT2D eigenvalue weighted by Gasteiger charge is -2.19. The molecule has 0 unspecified atom stereocenters. The highest BCUT2D eigenvalue weighted by molar-refractivity contribution is 6.32. The quantitative estimate of drug-likeness (QED) is 0.801. The van der Waals surface area contributed by atoms with E-state index >= 15 is 0 Å². The van der Waals surface area contributed by atoms with E-state index in [1.807, 2.05) is 18.2 Å². The normalized spacial score (nSPS) is 11.6. The van der Waals surface area contributed by atoms with Crippen molar-refractivity contribution < 1.29 is 9.84 Å². The zero-order valence-electron chi connectivity index (χ0n) is 11.3. The maximum Gasteiger partial charge on any atom is 0.142 e. The standard InChI is InChI=1S/C14H22ClNO2/c1-4-16-10-11-6-5-7-12(15)13(11)18-9-8-14(2,3)17/h5-7,16-17H,4,8-10H2,1-3H3. The molecule has 3 nitrogen and oxygen atoms in total. The second-order valence-electron chi connectivity index (χ2n) is 4.92. The summed E-state index contributed by atoms with van der Waals surface area (Å²) in [4.78, 5) is 0. The summed E-state index contributed by atoms with van der Waals surface area (Å²) in [7, 11) is 0. The maximum atomic E-state index is 9.65. The lowest BCUT2D eigenvalue weighted by molar-refractivity contribution is 0.0552. The van der Waals surface area contributed by atoms with Crippen LogP contribution in [0.3, 0.4) is 0 Å². The fourth-order valence-corrected chi connectivity index (χ4v) is 1.77. The van der Waals surface area contributed by atoms with Gasteiger partial charge in [0.05, 0.1) is 17.2 Å². The second-order valence-corrected chi connectivity index (χ2v) is 5.33. The fourth-order valence-electron chi connectivity index (χ4n) is 1.52. The van der Waals surface area contributed by atoms with Crippen LogP contribution < -0.4 is 10.1 Å². The van der Waals surface area contributed by atoms with Gasteiger partial charge in [-0.3, -0.25) is 0 Å². The van der Waals surface area contributed by atoms with Gasteiger partial charge in [-0.15, -0.1) is 0 Å². The Balaban J connectivity index is 2.67. The Hall–Kier alpha value is -0.770. The van der Waals surface area contributed by atoms with Gasteiger partial charge in [0.1, 0.15) is 5.75 Å². The summed E-state index contributed by atoms with van der Waals surface area (Å²) in [5, 5.41) is 13.5. The van der Waals surface area contributed by atoms with E-state index in [1.165, 1.54) is 0 Å². The third-order valence-electron chi connectivity index (χ3n) is 2.57. The summed E-state index contributed by atoms with van der Waals surface area (Å²) in [5.41, 5.74) is 0.323. The van der Waals surface area contributed by atoms with Gasteiger partial charge < -0.3 is 15.2 Å². The minimum Gasteiger partial charge on any atom is -0.492 e. The molecule has 0 spiro atoms. The van der Waals surface area contributed by atoms with E-state index in [0.717, 1.165) is 18.7 Å². The van der Waals surface area contributed by atoms with Gasteiger partial charge in [0.2, 0.25) is 0 Å². The first kappa shape index (κ1) is 15.3. The van der Waals surface area contributed by atoms with Gasteiger partial charge in [0.25, 0.3) is 0 Å². The summed E-state index contributed by atoms with van der Waals surface area (Å²) >= 11 is 6.14. The van der Waals surface area contributed by atoms with Crippen LogP contribution in [0.25, 0.3) is 0 Å². The van der Waals surface area contributed by atoms with E-state index in [2.05, 4.69) is 12.2 Å². The summed E-state index contributed by atoms with van der Waals surface area (Å²) < 4.78 is 5.71. The molecular formula is C14H22ClNO2. The van der Waals surface area contributed by atoms with Crippen LogP contribution in [0, 0.1) is 0 Å². The number of benzene rings is 1. The van der Waals surface area contributed by atoms with Crippen LogP contribution in [0.4, 0.5) is 0 Å². The minimum atomic E-state index is -0.719. The second kappa shape index (κ2) is 6.98. The van der Waals surface area contributed by atoms with Crippen LogP contribution in [-0.4, -0.2) is 23.9 Å². The maximum absolute atomic E-state index is 9.65. The Morgan fingerprint density at radius 3 is 2.72 bits per heavy atom. The number of rotatable bonds is 7. The van der Waals surface area contributed by atoms with Crippen molar-refractivity contribution in [3.8, 4) is 5.75 Å². The monoisotopic (exact) mass is 271 g/mol. The van der Waals surface area contributed by atoms with Gasteiger partial charge in [-0.2, -0.15) is 0 Å². The number of nitrogens with one attached hydrogen (secondary N) is 1. The number of halogens is 1. The number of ether oxygens (including phenoxy) is 1. The molecule has 1 aromatic carbocycles. The largest absolute Gasteiger partial charge is 0.492 e. The van der Waals surface area contributed by atoms with Crippen molar-refractivity contribution in [1.29, 1.82) is 0 Å². The van der Waals surface area contributed by atoms with Crippen LogP contribution in [0.5, 0.6) is 5.75 Å². The van der Waals surface area contributed by atoms with Gasteiger partial charge in [-0.25, -0.2) is 0 Å². The van der Waals surface area contributed by atoms with E-state index < -0.39 is 5.60 Å². The molecule has 1 aromatic rings. The topological polar surface area (TPSA) is 41.5 Å². The molecular weight excluding hydrogens is 250 g/mol. The van der Waals surface area contributed by atoms with Crippen molar-refractivity contribution in [2.75, 3.05) is 13.2 Å². The molecule has 0 aliphatic heterocycles. The van der Waals surface area contributed by atoms with Gasteiger partial charge in [0, 0.05) is 18.5 Å². The van der Waals surface area contributed by atoms with E-state index in [4.69, 9.17) is 16.3 Å². The first-order valence-corrected chi connectivity index (χ1v) is 6.65. The number of hydrogen-bond donors (Lipinski definition) is 2. The van der Waals surface area contributed by atoms with E-state index in [-0.39, 0.29) is 0 Å². The number of para-hydroxylation sites is 1. The number of aliphatic hydroxyl groups is 1.